The van der Waals surface area contributed by atoms with Gasteiger partial charge in [0.15, 0.2) is 0 Å². The van der Waals surface area contributed by atoms with Crippen molar-refractivity contribution in [1.82, 2.24) is 10.1 Å². The molecule has 1 atom stereocenters. The molecule has 0 aliphatic carbocycles. The largest absolute Gasteiger partial charge is 0.381 e. The Kier molecular flexibility index (Phi) is 5.83. The summed E-state index contributed by atoms with van der Waals surface area (Å²) in [7, 11) is 0. The van der Waals surface area contributed by atoms with Crippen LogP contribution >= 0.6 is 11.8 Å². The van der Waals surface area contributed by atoms with Gasteiger partial charge in [-0.15, -0.1) is 0 Å². The van der Waals surface area contributed by atoms with Gasteiger partial charge in [0.2, 0.25) is 11.7 Å². The number of hydrogen-bond acceptors (Lipinski definition) is 7. The van der Waals surface area contributed by atoms with E-state index < -0.39 is 5.60 Å². The molecular formula is C13H23N3O3S. The fraction of sp³-hybridized carbons (Fsp3) is 0.846. The Labute approximate surface area is 123 Å². The molecule has 1 saturated heterocycles. The molecule has 0 aromatic carbocycles. The van der Waals surface area contributed by atoms with E-state index >= 15 is 0 Å². The van der Waals surface area contributed by atoms with Crippen LogP contribution in [0.4, 0.5) is 0 Å². The van der Waals surface area contributed by atoms with Crippen molar-refractivity contribution in [2.75, 3.05) is 31.8 Å². The highest BCUT2D eigenvalue weighted by atomic mass is 32.2. The normalized spacial score (nSPS) is 19.9. The molecule has 0 saturated carbocycles. The van der Waals surface area contributed by atoms with Crippen LogP contribution in [0.2, 0.25) is 0 Å². The van der Waals surface area contributed by atoms with Gasteiger partial charge < -0.3 is 19.7 Å². The second kappa shape index (κ2) is 7.40. The van der Waals surface area contributed by atoms with Gasteiger partial charge in [0, 0.05) is 32.7 Å². The van der Waals surface area contributed by atoms with Crippen molar-refractivity contribution in [3.63, 3.8) is 0 Å². The van der Waals surface area contributed by atoms with Crippen molar-refractivity contribution in [3.05, 3.63) is 11.7 Å². The maximum Gasteiger partial charge on any atom is 0.243 e. The molecule has 2 heterocycles. The molecule has 6 nitrogen and oxygen atoms in total. The van der Waals surface area contributed by atoms with Crippen molar-refractivity contribution < 1.29 is 14.0 Å². The Bertz CT molecular complexity index is 402. The van der Waals surface area contributed by atoms with Crippen molar-refractivity contribution in [3.8, 4) is 0 Å². The lowest BCUT2D eigenvalue weighted by molar-refractivity contribution is -0.118. The molecule has 0 spiro atoms. The van der Waals surface area contributed by atoms with Gasteiger partial charge in [-0.1, -0.05) is 5.16 Å². The Hall–Kier alpha value is -0.630. The fourth-order valence-corrected chi connectivity index (χ4v) is 2.84. The fourth-order valence-electron chi connectivity index (χ4n) is 2.35. The van der Waals surface area contributed by atoms with Gasteiger partial charge in [0.05, 0.1) is 6.04 Å². The predicted molar refractivity (Wildman–Crippen MR) is 77.6 cm³/mol. The predicted octanol–water partition coefficient (Wildman–Crippen LogP) is 1.86. The lowest BCUT2D eigenvalue weighted by Gasteiger charge is -2.33. The zero-order valence-electron chi connectivity index (χ0n) is 12.1. The Morgan fingerprint density at radius 3 is 2.85 bits per heavy atom. The molecule has 20 heavy (non-hydrogen) atoms. The van der Waals surface area contributed by atoms with Crippen molar-refractivity contribution >= 4 is 11.8 Å². The number of thioether (sulfide) groups is 1. The van der Waals surface area contributed by atoms with Crippen LogP contribution in [0, 0.1) is 0 Å². The van der Waals surface area contributed by atoms with E-state index in [0.717, 1.165) is 25.0 Å². The molecule has 1 aliphatic rings. The van der Waals surface area contributed by atoms with Gasteiger partial charge in [0.25, 0.3) is 0 Å². The minimum Gasteiger partial charge on any atom is -0.381 e. The number of nitrogens with zero attached hydrogens (tertiary/aromatic N) is 2. The van der Waals surface area contributed by atoms with Crippen molar-refractivity contribution in [1.29, 1.82) is 0 Å². The Morgan fingerprint density at radius 1 is 1.45 bits per heavy atom. The quantitative estimate of drug-likeness (QED) is 0.823. The van der Waals surface area contributed by atoms with E-state index in [9.17, 15) is 0 Å². The average Bonchev–Trinajstić information content (AvgIpc) is 2.96. The molecular weight excluding hydrogens is 278 g/mol. The third-order valence-corrected chi connectivity index (χ3v) is 4.16. The number of ether oxygens (including phenoxy) is 2. The maximum absolute atomic E-state index is 6.07. The van der Waals surface area contributed by atoms with Gasteiger partial charge in [0.1, 0.15) is 5.60 Å². The molecule has 7 heteroatoms. The number of aromatic nitrogens is 2. The van der Waals surface area contributed by atoms with Gasteiger partial charge in [-0.2, -0.15) is 16.7 Å². The van der Waals surface area contributed by atoms with Gasteiger partial charge in [-0.25, -0.2) is 0 Å². The molecule has 1 aromatic heterocycles. The van der Waals surface area contributed by atoms with Gasteiger partial charge in [-0.05, 0) is 25.4 Å². The third-order valence-electron chi connectivity index (χ3n) is 3.52. The van der Waals surface area contributed by atoms with Crippen molar-refractivity contribution in [2.24, 2.45) is 5.73 Å². The highest BCUT2D eigenvalue weighted by Gasteiger charge is 2.40. The standard InChI is InChI=1S/C13H23N3O3S/c1-3-18-13(5-7-17-8-6-13)12-15-11(19-16-12)10(14)4-9-20-2/h10H,3-9,14H2,1-2H3/t10-/m0/s1. The summed E-state index contributed by atoms with van der Waals surface area (Å²) in [5.41, 5.74) is 5.59. The van der Waals surface area contributed by atoms with E-state index in [-0.39, 0.29) is 6.04 Å². The summed E-state index contributed by atoms with van der Waals surface area (Å²) in [6.45, 7) is 3.90. The highest BCUT2D eigenvalue weighted by Crippen LogP contribution is 2.34. The maximum atomic E-state index is 6.07. The number of hydrogen-bond donors (Lipinski definition) is 1. The van der Waals surface area contributed by atoms with E-state index in [0.29, 0.717) is 31.5 Å². The third kappa shape index (κ3) is 3.52. The van der Waals surface area contributed by atoms with Crippen LogP contribution in [0.1, 0.15) is 43.9 Å². The van der Waals surface area contributed by atoms with Crippen LogP contribution in [-0.4, -0.2) is 42.0 Å². The number of rotatable bonds is 7. The zero-order chi connectivity index (χ0) is 14.4. The summed E-state index contributed by atoms with van der Waals surface area (Å²) in [4.78, 5) is 4.48. The van der Waals surface area contributed by atoms with Crippen LogP contribution in [-0.2, 0) is 15.1 Å². The Balaban J connectivity index is 2.12. The smallest absolute Gasteiger partial charge is 0.243 e. The minimum atomic E-state index is -0.478. The first-order valence-corrected chi connectivity index (χ1v) is 8.41. The van der Waals surface area contributed by atoms with E-state index in [4.69, 9.17) is 19.7 Å². The van der Waals surface area contributed by atoms with Crippen LogP contribution in [0.25, 0.3) is 0 Å². The van der Waals surface area contributed by atoms with E-state index in [2.05, 4.69) is 16.4 Å². The Morgan fingerprint density at radius 2 is 2.20 bits per heavy atom. The topological polar surface area (TPSA) is 83.4 Å². The van der Waals surface area contributed by atoms with Crippen LogP contribution in [0.3, 0.4) is 0 Å². The van der Waals surface area contributed by atoms with Gasteiger partial charge >= 0.3 is 0 Å². The highest BCUT2D eigenvalue weighted by molar-refractivity contribution is 7.98. The summed E-state index contributed by atoms with van der Waals surface area (Å²) in [6, 6.07) is -0.206. The lowest BCUT2D eigenvalue weighted by atomic mass is 9.93. The molecule has 2 N–H and O–H groups in total. The summed E-state index contributed by atoms with van der Waals surface area (Å²) in [6.07, 6.45) is 4.38. The van der Waals surface area contributed by atoms with Gasteiger partial charge in [-0.3, -0.25) is 0 Å². The first-order chi connectivity index (χ1) is 9.72. The molecule has 0 unspecified atom stereocenters. The molecule has 1 fully saturated rings. The molecule has 114 valence electrons. The van der Waals surface area contributed by atoms with E-state index in [1.165, 1.54) is 0 Å². The molecule has 0 amide bonds. The van der Waals surface area contributed by atoms with Crippen molar-refractivity contribution in [2.45, 2.75) is 37.8 Å². The summed E-state index contributed by atoms with van der Waals surface area (Å²) in [5.74, 6) is 2.08. The van der Waals surface area contributed by atoms with E-state index in [1.807, 2.05) is 6.92 Å². The second-order valence-electron chi connectivity index (χ2n) is 4.88. The van der Waals surface area contributed by atoms with E-state index in [1.54, 1.807) is 11.8 Å². The zero-order valence-corrected chi connectivity index (χ0v) is 12.9. The summed E-state index contributed by atoms with van der Waals surface area (Å²) in [5, 5.41) is 4.11. The van der Waals surface area contributed by atoms with Crippen LogP contribution in [0.15, 0.2) is 4.52 Å². The second-order valence-corrected chi connectivity index (χ2v) is 5.87. The number of nitrogens with two attached hydrogens (primary N) is 1. The minimum absolute atomic E-state index is 0.206. The first kappa shape index (κ1) is 15.8. The monoisotopic (exact) mass is 301 g/mol. The molecule has 0 bridgehead atoms. The van der Waals surface area contributed by atoms with Crippen LogP contribution < -0.4 is 5.73 Å². The SMILES string of the molecule is CCOC1(c2noc([C@@H](N)CCSC)n2)CCOCC1. The first-order valence-electron chi connectivity index (χ1n) is 7.02. The molecule has 2 rings (SSSR count). The average molecular weight is 301 g/mol. The lowest BCUT2D eigenvalue weighted by Crippen LogP contribution is -2.37. The summed E-state index contributed by atoms with van der Waals surface area (Å²) >= 11 is 1.76. The summed E-state index contributed by atoms with van der Waals surface area (Å²) < 4.78 is 16.7. The molecule has 0 radical (unpaired) electrons. The van der Waals surface area contributed by atoms with Crippen LogP contribution in [0.5, 0.6) is 0 Å². The molecule has 1 aliphatic heterocycles. The molecule has 1 aromatic rings.